The van der Waals surface area contributed by atoms with E-state index >= 15 is 0 Å². The summed E-state index contributed by atoms with van der Waals surface area (Å²) in [6.07, 6.45) is 1.42. The van der Waals surface area contributed by atoms with Crippen LogP contribution in [0.3, 0.4) is 0 Å². The van der Waals surface area contributed by atoms with E-state index < -0.39 is 11.8 Å². The summed E-state index contributed by atoms with van der Waals surface area (Å²) in [6.45, 7) is 0. The van der Waals surface area contributed by atoms with Crippen molar-refractivity contribution in [2.75, 3.05) is 7.11 Å². The molecule has 2 aromatic rings. The highest BCUT2D eigenvalue weighted by Gasteiger charge is 2.12. The summed E-state index contributed by atoms with van der Waals surface area (Å²) in [5, 5.41) is 0.0118. The fourth-order valence-electron chi connectivity index (χ4n) is 1.52. The molecule has 0 spiro atoms. The first-order valence-electron chi connectivity index (χ1n) is 5.12. The molecule has 0 saturated heterocycles. The van der Waals surface area contributed by atoms with Gasteiger partial charge in [0, 0.05) is 11.8 Å². The number of esters is 1. The molecule has 0 bridgehead atoms. The maximum atomic E-state index is 13.8. The fraction of sp³-hybridized carbons (Fsp3) is 0.0769. The van der Waals surface area contributed by atoms with E-state index in [2.05, 4.69) is 9.72 Å². The molecule has 0 radical (unpaired) electrons. The Hall–Kier alpha value is -1.94. The first kappa shape index (κ1) is 12.5. The van der Waals surface area contributed by atoms with E-state index in [-0.39, 0.29) is 10.6 Å². The quantitative estimate of drug-likeness (QED) is 0.782. The number of carbonyl (C=O) groups is 1. The van der Waals surface area contributed by atoms with Crippen molar-refractivity contribution in [3.8, 4) is 11.3 Å². The van der Waals surface area contributed by atoms with Crippen molar-refractivity contribution in [1.29, 1.82) is 0 Å². The van der Waals surface area contributed by atoms with E-state index in [1.54, 1.807) is 12.1 Å². The summed E-state index contributed by atoms with van der Waals surface area (Å²) in [5.41, 5.74) is 0.882. The Morgan fingerprint density at radius 3 is 2.89 bits per heavy atom. The number of nitrogens with zero attached hydrogens (tertiary/aromatic N) is 1. The van der Waals surface area contributed by atoms with Crippen molar-refractivity contribution >= 4 is 17.6 Å². The average molecular weight is 266 g/mol. The van der Waals surface area contributed by atoms with Crippen LogP contribution in [-0.4, -0.2) is 18.1 Å². The summed E-state index contributed by atoms with van der Waals surface area (Å²) in [5.74, 6) is -1.06. The van der Waals surface area contributed by atoms with Crippen molar-refractivity contribution in [2.24, 2.45) is 0 Å². The molecule has 1 aromatic carbocycles. The number of aromatic nitrogens is 1. The van der Waals surface area contributed by atoms with Gasteiger partial charge in [-0.15, -0.1) is 0 Å². The molecule has 0 aliphatic carbocycles. The van der Waals surface area contributed by atoms with Crippen LogP contribution in [0.15, 0.2) is 36.5 Å². The lowest BCUT2D eigenvalue weighted by Gasteiger charge is -2.05. The van der Waals surface area contributed by atoms with Crippen LogP contribution in [0.2, 0.25) is 5.02 Å². The summed E-state index contributed by atoms with van der Waals surface area (Å²) in [7, 11) is 1.28. The molecule has 92 valence electrons. The zero-order valence-corrected chi connectivity index (χ0v) is 10.2. The Morgan fingerprint density at radius 2 is 2.17 bits per heavy atom. The van der Waals surface area contributed by atoms with Gasteiger partial charge >= 0.3 is 5.97 Å². The highest BCUT2D eigenvalue weighted by atomic mass is 35.5. The number of hydrogen-bond donors (Lipinski definition) is 0. The Balaban J connectivity index is 2.51. The number of rotatable bonds is 2. The van der Waals surface area contributed by atoms with E-state index in [0.29, 0.717) is 11.3 Å². The molecule has 0 amide bonds. The molecule has 0 fully saturated rings. The molecular weight excluding hydrogens is 257 g/mol. The Kier molecular flexibility index (Phi) is 3.58. The third-order valence-electron chi connectivity index (χ3n) is 2.41. The molecule has 0 aliphatic heterocycles. The second-order valence-electron chi connectivity index (χ2n) is 3.52. The van der Waals surface area contributed by atoms with Crippen molar-refractivity contribution in [2.45, 2.75) is 0 Å². The normalized spacial score (nSPS) is 10.2. The molecule has 1 heterocycles. The fourth-order valence-corrected chi connectivity index (χ4v) is 1.70. The van der Waals surface area contributed by atoms with Crippen molar-refractivity contribution in [1.82, 2.24) is 4.98 Å². The van der Waals surface area contributed by atoms with E-state index in [1.165, 1.54) is 31.5 Å². The highest BCUT2D eigenvalue weighted by molar-refractivity contribution is 6.31. The molecule has 0 N–H and O–H groups in total. The molecule has 1 aromatic heterocycles. The van der Waals surface area contributed by atoms with Crippen molar-refractivity contribution in [3.63, 3.8) is 0 Å². The van der Waals surface area contributed by atoms with Gasteiger partial charge in [0.05, 0.1) is 23.4 Å². The maximum absolute atomic E-state index is 13.8. The van der Waals surface area contributed by atoms with Crippen LogP contribution in [0.1, 0.15) is 10.4 Å². The van der Waals surface area contributed by atoms with E-state index in [4.69, 9.17) is 11.6 Å². The standard InChI is InChI=1S/C13H9ClFNO2/c1-18-13(17)8-5-6-16-11(7-8)9-3-2-4-10(14)12(9)15/h2-7H,1H3. The van der Waals surface area contributed by atoms with Gasteiger partial charge in [0.15, 0.2) is 5.82 Å². The van der Waals surface area contributed by atoms with Crippen LogP contribution < -0.4 is 0 Å². The van der Waals surface area contributed by atoms with E-state index in [9.17, 15) is 9.18 Å². The highest BCUT2D eigenvalue weighted by Crippen LogP contribution is 2.26. The van der Waals surface area contributed by atoms with Gasteiger partial charge in [0.1, 0.15) is 0 Å². The van der Waals surface area contributed by atoms with Gasteiger partial charge in [-0.05, 0) is 24.3 Å². The molecule has 18 heavy (non-hydrogen) atoms. The second-order valence-corrected chi connectivity index (χ2v) is 3.93. The molecule has 0 aliphatic rings. The number of halogens is 2. The third-order valence-corrected chi connectivity index (χ3v) is 2.70. The lowest BCUT2D eigenvalue weighted by Crippen LogP contribution is -2.02. The summed E-state index contributed by atoms with van der Waals surface area (Å²) in [4.78, 5) is 15.4. The first-order valence-corrected chi connectivity index (χ1v) is 5.50. The summed E-state index contributed by atoms with van der Waals surface area (Å²) in [6, 6.07) is 7.57. The van der Waals surface area contributed by atoms with Crippen LogP contribution in [0.25, 0.3) is 11.3 Å². The molecule has 3 nitrogen and oxygen atoms in total. The smallest absolute Gasteiger partial charge is 0.337 e. The molecule has 0 saturated carbocycles. The predicted octanol–water partition coefficient (Wildman–Crippen LogP) is 3.33. The SMILES string of the molecule is COC(=O)c1ccnc(-c2cccc(Cl)c2F)c1. The van der Waals surface area contributed by atoms with Crippen LogP contribution in [0, 0.1) is 5.82 Å². The van der Waals surface area contributed by atoms with Gasteiger partial charge < -0.3 is 4.74 Å². The number of methoxy groups -OCH3 is 1. The van der Waals surface area contributed by atoms with Gasteiger partial charge in [0.25, 0.3) is 0 Å². The van der Waals surface area contributed by atoms with Gasteiger partial charge in [-0.2, -0.15) is 0 Å². The second kappa shape index (κ2) is 5.14. The largest absolute Gasteiger partial charge is 0.465 e. The zero-order chi connectivity index (χ0) is 13.1. The Bertz CT molecular complexity index is 601. The number of carbonyl (C=O) groups excluding carboxylic acids is 1. The van der Waals surface area contributed by atoms with Crippen LogP contribution in [0.5, 0.6) is 0 Å². The number of benzene rings is 1. The number of ether oxygens (including phenoxy) is 1. The van der Waals surface area contributed by atoms with Crippen LogP contribution >= 0.6 is 11.6 Å². The van der Waals surface area contributed by atoms with E-state index in [0.717, 1.165) is 0 Å². The topological polar surface area (TPSA) is 39.2 Å². The first-order chi connectivity index (χ1) is 8.63. The minimum atomic E-state index is -0.561. The molecule has 5 heteroatoms. The summed E-state index contributed by atoms with van der Waals surface area (Å²) < 4.78 is 18.4. The zero-order valence-electron chi connectivity index (χ0n) is 9.48. The lowest BCUT2D eigenvalue weighted by molar-refractivity contribution is 0.0600. The maximum Gasteiger partial charge on any atom is 0.337 e. The van der Waals surface area contributed by atoms with Crippen molar-refractivity contribution < 1.29 is 13.9 Å². The number of hydrogen-bond acceptors (Lipinski definition) is 3. The molecule has 2 rings (SSSR count). The van der Waals surface area contributed by atoms with Gasteiger partial charge in [-0.3, -0.25) is 4.98 Å². The Morgan fingerprint density at radius 1 is 1.39 bits per heavy atom. The van der Waals surface area contributed by atoms with Gasteiger partial charge in [-0.25, -0.2) is 9.18 Å². The minimum Gasteiger partial charge on any atom is -0.465 e. The van der Waals surface area contributed by atoms with Gasteiger partial charge in [-0.1, -0.05) is 17.7 Å². The summed E-state index contributed by atoms with van der Waals surface area (Å²) >= 11 is 5.70. The van der Waals surface area contributed by atoms with Crippen molar-refractivity contribution in [3.05, 3.63) is 52.9 Å². The Labute approximate surface area is 108 Å². The monoisotopic (exact) mass is 265 g/mol. The lowest BCUT2D eigenvalue weighted by atomic mass is 10.1. The minimum absolute atomic E-state index is 0.0118. The van der Waals surface area contributed by atoms with Crippen LogP contribution in [0.4, 0.5) is 4.39 Å². The van der Waals surface area contributed by atoms with Gasteiger partial charge in [0.2, 0.25) is 0 Å². The third kappa shape index (κ3) is 2.33. The molecule has 0 atom stereocenters. The van der Waals surface area contributed by atoms with Crippen LogP contribution in [-0.2, 0) is 4.74 Å². The average Bonchev–Trinajstić information content (AvgIpc) is 2.41. The molecule has 0 unspecified atom stereocenters. The van der Waals surface area contributed by atoms with E-state index in [1.807, 2.05) is 0 Å². The molecular formula is C13H9ClFNO2. The number of pyridine rings is 1. The predicted molar refractivity (Wildman–Crippen MR) is 66.0 cm³/mol.